The first kappa shape index (κ1) is 23.4. The van der Waals surface area contributed by atoms with Gasteiger partial charge in [-0.15, -0.1) is 11.6 Å². The topological polar surface area (TPSA) is 55.2 Å². The van der Waals surface area contributed by atoms with E-state index in [1.165, 1.54) is 0 Å². The summed E-state index contributed by atoms with van der Waals surface area (Å²) in [5.74, 6) is 0.877. The van der Waals surface area contributed by atoms with E-state index in [0.29, 0.717) is 29.8 Å². The van der Waals surface area contributed by atoms with Crippen LogP contribution < -0.4 is 5.56 Å². The maximum Gasteiger partial charge on any atom is 0.261 e. The Kier molecular flexibility index (Phi) is 8.26. The van der Waals surface area contributed by atoms with Crippen LogP contribution in [0.1, 0.15) is 72.2 Å². The van der Waals surface area contributed by atoms with Crippen molar-refractivity contribution < 1.29 is 4.79 Å². The van der Waals surface area contributed by atoms with Crippen LogP contribution in [0, 0.1) is 5.41 Å². The van der Waals surface area contributed by atoms with Gasteiger partial charge in [-0.25, -0.2) is 4.98 Å². The normalized spacial score (nSPS) is 12.9. The Hall–Kier alpha value is -1.88. The first-order valence-electron chi connectivity index (χ1n) is 10.6. The van der Waals surface area contributed by atoms with E-state index in [2.05, 4.69) is 6.92 Å². The molecule has 0 aliphatic rings. The molecule has 2 rings (SSSR count). The maximum atomic E-state index is 13.3. The van der Waals surface area contributed by atoms with Crippen LogP contribution in [0.15, 0.2) is 29.1 Å². The van der Waals surface area contributed by atoms with E-state index in [1.807, 2.05) is 50.8 Å². The number of aromatic nitrogens is 2. The van der Waals surface area contributed by atoms with Crippen LogP contribution in [0.2, 0.25) is 0 Å². The van der Waals surface area contributed by atoms with Crippen molar-refractivity contribution in [3.63, 3.8) is 0 Å². The minimum atomic E-state index is -0.672. The predicted octanol–water partition coefficient (Wildman–Crippen LogP) is 5.15. The summed E-state index contributed by atoms with van der Waals surface area (Å²) in [4.78, 5) is 33.0. The zero-order valence-electron chi connectivity index (χ0n) is 18.4. The average molecular weight is 420 g/mol. The molecule has 1 aromatic heterocycles. The van der Waals surface area contributed by atoms with Crippen molar-refractivity contribution in [2.45, 2.75) is 72.9 Å². The van der Waals surface area contributed by atoms with Gasteiger partial charge in [0.15, 0.2) is 0 Å². The van der Waals surface area contributed by atoms with E-state index in [0.717, 1.165) is 25.7 Å². The second-order valence-corrected chi connectivity index (χ2v) is 8.56. The van der Waals surface area contributed by atoms with Gasteiger partial charge in [-0.2, -0.15) is 0 Å². The van der Waals surface area contributed by atoms with Crippen LogP contribution in [0.25, 0.3) is 10.9 Å². The van der Waals surface area contributed by atoms with Gasteiger partial charge in [0.25, 0.3) is 5.56 Å². The number of hydrogen-bond acceptors (Lipinski definition) is 3. The quantitative estimate of drug-likeness (QED) is 0.395. The number of carbonyl (C=O) groups is 1. The highest BCUT2D eigenvalue weighted by Crippen LogP contribution is 2.28. The number of para-hydroxylation sites is 1. The molecule has 0 radical (unpaired) electrons. The van der Waals surface area contributed by atoms with Crippen LogP contribution >= 0.6 is 11.6 Å². The van der Waals surface area contributed by atoms with Gasteiger partial charge in [-0.1, -0.05) is 38.3 Å². The number of benzene rings is 1. The molecule has 160 valence electrons. The van der Waals surface area contributed by atoms with E-state index in [-0.39, 0.29) is 23.4 Å². The third-order valence-corrected chi connectivity index (χ3v) is 6.14. The summed E-state index contributed by atoms with van der Waals surface area (Å²) in [6.45, 7) is 10.9. The lowest BCUT2D eigenvalue weighted by Gasteiger charge is -2.35. The van der Waals surface area contributed by atoms with E-state index < -0.39 is 5.41 Å². The minimum Gasteiger partial charge on any atom is -0.332 e. The van der Waals surface area contributed by atoms with Gasteiger partial charge in [0.05, 0.1) is 22.4 Å². The Morgan fingerprint density at radius 3 is 2.52 bits per heavy atom. The van der Waals surface area contributed by atoms with Crippen molar-refractivity contribution in [3.8, 4) is 0 Å². The molecule has 0 N–H and O–H groups in total. The fourth-order valence-electron chi connectivity index (χ4n) is 3.58. The van der Waals surface area contributed by atoms with Gasteiger partial charge in [-0.3, -0.25) is 14.2 Å². The summed E-state index contributed by atoms with van der Waals surface area (Å²) in [6.07, 6.45) is 4.27. The number of nitrogens with zero attached hydrogens (tertiary/aromatic N) is 3. The summed E-state index contributed by atoms with van der Waals surface area (Å²) < 4.78 is 1.69. The zero-order valence-corrected chi connectivity index (χ0v) is 19.1. The van der Waals surface area contributed by atoms with E-state index in [9.17, 15) is 9.59 Å². The predicted molar refractivity (Wildman–Crippen MR) is 120 cm³/mol. The number of amides is 1. The first-order valence-corrected chi connectivity index (χ1v) is 11.2. The van der Waals surface area contributed by atoms with Gasteiger partial charge in [-0.05, 0) is 46.2 Å². The van der Waals surface area contributed by atoms with Gasteiger partial charge in [0.1, 0.15) is 5.82 Å². The fourth-order valence-corrected chi connectivity index (χ4v) is 3.69. The molecule has 2 aromatic rings. The van der Waals surface area contributed by atoms with Gasteiger partial charge < -0.3 is 4.90 Å². The standard InChI is InChI=1S/C23H34ClN3O2/c1-6-8-9-12-15-27(22(29)23(4,5)16-24)17(3)20-25-19-14-11-10-13-18(19)21(28)26(20)7-2/h10-11,13-14,17H,6-9,12,15-16H2,1-5H3. The Balaban J connectivity index is 2.50. The van der Waals surface area contributed by atoms with Crippen LogP contribution in [0.4, 0.5) is 0 Å². The fraction of sp³-hybridized carbons (Fsp3) is 0.609. The van der Waals surface area contributed by atoms with Crippen molar-refractivity contribution in [1.29, 1.82) is 0 Å². The lowest BCUT2D eigenvalue weighted by molar-refractivity contribution is -0.141. The molecule has 5 nitrogen and oxygen atoms in total. The van der Waals surface area contributed by atoms with Gasteiger partial charge in [0, 0.05) is 19.0 Å². The largest absolute Gasteiger partial charge is 0.332 e. The van der Waals surface area contributed by atoms with Crippen molar-refractivity contribution in [1.82, 2.24) is 14.5 Å². The third-order valence-electron chi connectivity index (χ3n) is 5.48. The van der Waals surface area contributed by atoms with Crippen LogP contribution in [0.5, 0.6) is 0 Å². The van der Waals surface area contributed by atoms with E-state index in [1.54, 1.807) is 10.6 Å². The Morgan fingerprint density at radius 1 is 1.21 bits per heavy atom. The van der Waals surface area contributed by atoms with Crippen molar-refractivity contribution in [2.75, 3.05) is 12.4 Å². The second kappa shape index (κ2) is 10.2. The summed E-state index contributed by atoms with van der Waals surface area (Å²) in [5.41, 5.74) is -0.0663. The minimum absolute atomic E-state index is 0.00144. The molecule has 0 fully saturated rings. The number of carbonyl (C=O) groups excluding carboxylic acids is 1. The first-order chi connectivity index (χ1) is 13.8. The van der Waals surface area contributed by atoms with Crippen LogP contribution in [-0.2, 0) is 11.3 Å². The summed E-state index contributed by atoms with van der Waals surface area (Å²) in [7, 11) is 0. The molecule has 1 heterocycles. The van der Waals surface area contributed by atoms with Crippen molar-refractivity contribution in [2.24, 2.45) is 5.41 Å². The maximum absolute atomic E-state index is 13.3. The molecular formula is C23H34ClN3O2. The molecule has 0 saturated heterocycles. The Labute approximate surface area is 179 Å². The zero-order chi connectivity index (χ0) is 21.6. The molecule has 1 aromatic carbocycles. The molecule has 6 heteroatoms. The number of halogens is 1. The highest BCUT2D eigenvalue weighted by atomic mass is 35.5. The molecule has 0 saturated carbocycles. The molecule has 0 bridgehead atoms. The monoisotopic (exact) mass is 419 g/mol. The molecule has 1 amide bonds. The molecule has 1 atom stereocenters. The lowest BCUT2D eigenvalue weighted by atomic mass is 9.93. The second-order valence-electron chi connectivity index (χ2n) is 8.29. The Bertz CT molecular complexity index is 891. The highest BCUT2D eigenvalue weighted by molar-refractivity contribution is 6.19. The Morgan fingerprint density at radius 2 is 1.90 bits per heavy atom. The number of rotatable bonds is 10. The number of fused-ring (bicyclic) bond motifs is 1. The van der Waals surface area contributed by atoms with Gasteiger partial charge >= 0.3 is 0 Å². The van der Waals surface area contributed by atoms with Crippen molar-refractivity contribution in [3.05, 3.63) is 40.4 Å². The highest BCUT2D eigenvalue weighted by Gasteiger charge is 2.35. The molecule has 1 unspecified atom stereocenters. The summed E-state index contributed by atoms with van der Waals surface area (Å²) >= 11 is 6.11. The average Bonchev–Trinajstić information content (AvgIpc) is 2.73. The number of unbranched alkanes of at least 4 members (excludes halogenated alkanes) is 3. The van der Waals surface area contributed by atoms with E-state index >= 15 is 0 Å². The lowest BCUT2D eigenvalue weighted by Crippen LogP contribution is -2.45. The molecule has 29 heavy (non-hydrogen) atoms. The van der Waals surface area contributed by atoms with E-state index in [4.69, 9.17) is 16.6 Å². The van der Waals surface area contributed by atoms with Crippen LogP contribution in [-0.4, -0.2) is 32.8 Å². The summed E-state index contributed by atoms with van der Waals surface area (Å²) in [6, 6.07) is 7.06. The smallest absolute Gasteiger partial charge is 0.261 e. The molecule has 0 aliphatic heterocycles. The molecule has 0 aliphatic carbocycles. The SMILES string of the molecule is CCCCCCN(C(=O)C(C)(C)CCl)C(C)c1nc2ccccc2c(=O)n1CC. The van der Waals surface area contributed by atoms with Crippen LogP contribution in [0.3, 0.4) is 0 Å². The third kappa shape index (κ3) is 5.19. The molecule has 0 spiro atoms. The summed E-state index contributed by atoms with van der Waals surface area (Å²) in [5, 5.41) is 0.604. The molecular weight excluding hydrogens is 386 g/mol. The van der Waals surface area contributed by atoms with Gasteiger partial charge in [0.2, 0.25) is 5.91 Å². The number of hydrogen-bond donors (Lipinski definition) is 0. The number of alkyl halides is 1. The van der Waals surface area contributed by atoms with Crippen molar-refractivity contribution >= 4 is 28.4 Å².